The minimum atomic E-state index is -3.07. The summed E-state index contributed by atoms with van der Waals surface area (Å²) in [5.74, 6) is 3.20. The van der Waals surface area contributed by atoms with Crippen molar-refractivity contribution in [3.63, 3.8) is 0 Å². The number of benzene rings is 9. The lowest BCUT2D eigenvalue weighted by molar-refractivity contribution is 0.270. The van der Waals surface area contributed by atoms with Gasteiger partial charge in [-0.05, 0) is 86.7 Å². The number of ether oxygens (including phenoxy) is 7. The smallest absolute Gasteiger partial charge is 0.261 e. The highest BCUT2D eigenvalue weighted by molar-refractivity contribution is 6.99. The lowest BCUT2D eigenvalue weighted by atomic mass is 9.94. The molecule has 0 bridgehead atoms. The van der Waals surface area contributed by atoms with Crippen LogP contribution in [-0.2, 0) is 50.1 Å². The quantitative estimate of drug-likeness (QED) is 0.0457. The van der Waals surface area contributed by atoms with Crippen LogP contribution in [0.5, 0.6) is 46.0 Å². The van der Waals surface area contributed by atoms with Crippen LogP contribution in [0.2, 0.25) is 5.04 Å². The van der Waals surface area contributed by atoms with Crippen LogP contribution in [0.1, 0.15) is 76.4 Å². The third-order valence-corrected chi connectivity index (χ3v) is 19.6. The minimum Gasteiger partial charge on any atom is -0.508 e. The molecule has 0 spiro atoms. The molecule has 13 nitrogen and oxygen atoms in total. The van der Waals surface area contributed by atoms with Crippen LogP contribution in [0.25, 0.3) is 0 Å². The zero-order chi connectivity index (χ0) is 60.9. The Balaban J connectivity index is 1.17. The summed E-state index contributed by atoms with van der Waals surface area (Å²) in [5, 5.41) is 51.9. The molecule has 0 aliphatic heterocycles. The number of hydrogen-bond donors (Lipinski definition) is 1. The van der Waals surface area contributed by atoms with Gasteiger partial charge < -0.3 is 42.7 Å². The van der Waals surface area contributed by atoms with Crippen LogP contribution in [0.15, 0.2) is 206 Å². The monoisotopic (exact) mass is 1170 g/mol. The predicted molar refractivity (Wildman–Crippen MR) is 335 cm³/mol. The highest BCUT2D eigenvalue weighted by Crippen LogP contribution is 2.42. The van der Waals surface area contributed by atoms with Crippen LogP contribution < -0.4 is 43.5 Å². The normalized spacial score (nSPS) is 11.0. The fourth-order valence-corrected chi connectivity index (χ4v) is 15.1. The van der Waals surface area contributed by atoms with E-state index in [2.05, 4.69) is 63.2 Å². The van der Waals surface area contributed by atoms with Crippen molar-refractivity contribution in [3.05, 3.63) is 262 Å². The second-order valence-electron chi connectivity index (χ2n) is 21.6. The Morgan fingerprint density at radius 1 is 0.333 bits per heavy atom. The number of nitriles is 4. The number of nitrogens with zero attached hydrogens (tertiary/aromatic N) is 4. The number of rotatable bonds is 28. The fourth-order valence-electron chi connectivity index (χ4n) is 10.6. The molecule has 1 N–H and O–H groups in total. The largest absolute Gasteiger partial charge is 0.508 e. The van der Waals surface area contributed by atoms with Gasteiger partial charge in [-0.2, -0.15) is 21.0 Å². The van der Waals surface area contributed by atoms with E-state index in [0.717, 1.165) is 27.1 Å². The van der Waals surface area contributed by atoms with E-state index in [9.17, 15) is 26.2 Å². The van der Waals surface area contributed by atoms with E-state index in [1.165, 1.54) is 6.07 Å². The maximum atomic E-state index is 10.7. The lowest BCUT2D eigenvalue weighted by Crippen LogP contribution is -2.66. The molecule has 0 aromatic heterocycles. The van der Waals surface area contributed by atoms with Crippen LogP contribution in [-0.4, -0.2) is 39.9 Å². The highest BCUT2D eigenvalue weighted by atomic mass is 28.4. The molecular weight excluding hydrogens is 1100 g/mol. The molecule has 9 rings (SSSR count). The molecule has 0 unspecified atom stereocenters. The van der Waals surface area contributed by atoms with Gasteiger partial charge in [0.1, 0.15) is 90.1 Å². The molecule has 0 amide bonds. The van der Waals surface area contributed by atoms with Crippen molar-refractivity contribution in [2.45, 2.75) is 71.5 Å². The van der Waals surface area contributed by atoms with Crippen molar-refractivity contribution < 1.29 is 42.7 Å². The Bertz CT molecular complexity index is 3870. The maximum Gasteiger partial charge on any atom is 0.261 e. The van der Waals surface area contributed by atoms with E-state index in [1.54, 1.807) is 12.1 Å². The average Bonchev–Trinajstić information content (AvgIpc) is 0.871. The molecule has 9 aromatic carbocycles. The van der Waals surface area contributed by atoms with Gasteiger partial charge in [-0.1, -0.05) is 172 Å². The summed E-state index contributed by atoms with van der Waals surface area (Å²) in [7, 11) is -3.07. The molecule has 0 aliphatic rings. The first kappa shape index (κ1) is 61.1. The molecule has 87 heavy (non-hydrogen) atoms. The van der Waals surface area contributed by atoms with E-state index in [1.807, 2.05) is 170 Å². The highest BCUT2D eigenvalue weighted by Gasteiger charge is 2.50. The Hall–Kier alpha value is -10.5. The van der Waals surface area contributed by atoms with Crippen molar-refractivity contribution in [1.82, 2.24) is 0 Å². The van der Waals surface area contributed by atoms with Crippen LogP contribution in [0, 0.1) is 45.3 Å². The van der Waals surface area contributed by atoms with Crippen molar-refractivity contribution in [1.29, 1.82) is 21.0 Å². The molecule has 0 fully saturated rings. The van der Waals surface area contributed by atoms with Gasteiger partial charge in [0.2, 0.25) is 0 Å². The number of phenolic OH excluding ortho intramolecular Hbond substituents is 1. The topological polar surface area (TPSA) is 189 Å². The first-order valence-electron chi connectivity index (χ1n) is 28.5. The van der Waals surface area contributed by atoms with Gasteiger partial charge in [-0.25, -0.2) is 0 Å². The Morgan fingerprint density at radius 3 is 0.954 bits per heavy atom. The number of hydrogen-bond acceptors (Lipinski definition) is 13. The van der Waals surface area contributed by atoms with Crippen molar-refractivity contribution in [3.8, 4) is 70.3 Å². The SMILES string of the molecule is CC(C)(C)[Si](OCc1cc(OCc2ccccc2)c(Cc2cc(OCc3ccccc3)c(Cc3cc(OCc4ccccc4)c(Cc4cc(O)ccc4OCC#N)cc3OCC#N)cc2OCC#N)cc1OCC#N)(c1ccccc1)c1ccccc1. The van der Waals surface area contributed by atoms with Crippen molar-refractivity contribution >= 4 is 18.7 Å². The summed E-state index contributed by atoms with van der Waals surface area (Å²) >= 11 is 0. The fraction of sp³-hybridized carbons (Fsp3) is 0.205. The van der Waals surface area contributed by atoms with Crippen molar-refractivity contribution in [2.75, 3.05) is 26.4 Å². The van der Waals surface area contributed by atoms with Gasteiger partial charge in [-0.15, -0.1) is 0 Å². The molecule has 9 aromatic rings. The molecule has 0 saturated heterocycles. The second kappa shape index (κ2) is 29.9. The van der Waals surface area contributed by atoms with Gasteiger partial charge in [0.05, 0.1) is 6.61 Å². The zero-order valence-electron chi connectivity index (χ0n) is 48.9. The number of phenols is 1. The summed E-state index contributed by atoms with van der Waals surface area (Å²) in [6, 6.07) is 74.7. The molecule has 0 radical (unpaired) electrons. The Kier molecular flexibility index (Phi) is 21.0. The molecule has 14 heteroatoms. The maximum absolute atomic E-state index is 10.7. The summed E-state index contributed by atoms with van der Waals surface area (Å²) in [6.07, 6.45) is 0.573. The third kappa shape index (κ3) is 15.8. The van der Waals surface area contributed by atoms with E-state index in [-0.39, 0.29) is 82.9 Å². The summed E-state index contributed by atoms with van der Waals surface area (Å²) < 4.78 is 52.6. The van der Waals surface area contributed by atoms with E-state index >= 15 is 0 Å². The van der Waals surface area contributed by atoms with Gasteiger partial charge in [0.15, 0.2) is 26.4 Å². The first-order chi connectivity index (χ1) is 42.5. The first-order valence-corrected chi connectivity index (χ1v) is 30.4. The van der Waals surface area contributed by atoms with Crippen LogP contribution in [0.3, 0.4) is 0 Å². The molecule has 0 heterocycles. The molecule has 436 valence electrons. The summed E-state index contributed by atoms with van der Waals surface area (Å²) in [4.78, 5) is 0. The van der Waals surface area contributed by atoms with E-state index in [0.29, 0.717) is 79.2 Å². The van der Waals surface area contributed by atoms with Gasteiger partial charge in [-0.3, -0.25) is 0 Å². The lowest BCUT2D eigenvalue weighted by Gasteiger charge is -2.43. The van der Waals surface area contributed by atoms with Crippen LogP contribution in [0.4, 0.5) is 0 Å². The predicted octanol–water partition coefficient (Wildman–Crippen LogP) is 13.6. The molecule has 0 atom stereocenters. The van der Waals surface area contributed by atoms with Gasteiger partial charge in [0.25, 0.3) is 8.32 Å². The van der Waals surface area contributed by atoms with E-state index < -0.39 is 8.32 Å². The molecule has 0 saturated carbocycles. The number of aromatic hydroxyl groups is 1. The zero-order valence-corrected chi connectivity index (χ0v) is 49.9. The van der Waals surface area contributed by atoms with Crippen molar-refractivity contribution in [2.24, 2.45) is 0 Å². The minimum absolute atomic E-state index is 0.0112. The molecule has 0 aliphatic carbocycles. The molecular formula is C73H66N4O9Si. The Morgan fingerprint density at radius 2 is 0.621 bits per heavy atom. The summed E-state index contributed by atoms with van der Waals surface area (Å²) in [6.45, 7) is 6.47. The van der Waals surface area contributed by atoms with Gasteiger partial charge >= 0.3 is 0 Å². The van der Waals surface area contributed by atoms with Gasteiger partial charge in [0, 0.05) is 58.2 Å². The Labute approximate surface area is 510 Å². The third-order valence-electron chi connectivity index (χ3n) is 14.7. The summed E-state index contributed by atoms with van der Waals surface area (Å²) in [5.41, 5.74) is 7.41. The standard InChI is InChI=1S/C73H66N4O9Si/c1-73(2,3)87(64-25-15-7-16-26-64,65-27-17-8-18-28-65)86-52-62-48-71(85-51-55-23-13-6-14-24-55)61(47-72(62)82-38-34-77)41-58-46-70(84-50-54-21-11-5-12-22-54)60(44-68(58)81-37-33-76)40-57-45-69(83-49-53-19-9-4-10-20-53)59(43-67(57)80-36-32-75)39-56-42-63(78)29-30-66(56)79-35-31-74/h4-30,42-48,78H,35-41,49-52H2,1-3H3. The average molecular weight is 1170 g/mol. The van der Waals surface area contributed by atoms with E-state index in [4.69, 9.17) is 37.6 Å². The van der Waals surface area contributed by atoms with Crippen LogP contribution >= 0.6 is 0 Å². The second-order valence-corrected chi connectivity index (χ2v) is 25.9.